The fourth-order valence-corrected chi connectivity index (χ4v) is 2.95. The van der Waals surface area contributed by atoms with Gasteiger partial charge in [0.05, 0.1) is 24.2 Å². The average Bonchev–Trinajstić information content (AvgIpc) is 3.01. The molecule has 0 radical (unpaired) electrons. The Morgan fingerprint density at radius 3 is 2.62 bits per heavy atom. The van der Waals surface area contributed by atoms with Gasteiger partial charge >= 0.3 is 0 Å². The summed E-state index contributed by atoms with van der Waals surface area (Å²) in [5, 5.41) is 6.17. The van der Waals surface area contributed by atoms with Crippen LogP contribution in [-0.4, -0.2) is 42.3 Å². The first-order chi connectivity index (χ1) is 12.7. The molecule has 6 nitrogen and oxygen atoms in total. The summed E-state index contributed by atoms with van der Waals surface area (Å²) in [6.45, 7) is 1.43. The Kier molecular flexibility index (Phi) is 5.99. The van der Waals surface area contributed by atoms with Gasteiger partial charge in [0.2, 0.25) is 5.91 Å². The third-order valence-corrected chi connectivity index (χ3v) is 4.29. The number of para-hydroxylation sites is 2. The highest BCUT2D eigenvalue weighted by atomic mass is 16.5. The van der Waals surface area contributed by atoms with E-state index in [1.807, 2.05) is 66.2 Å². The minimum atomic E-state index is -0.315. The molecule has 0 bridgehead atoms. The van der Waals surface area contributed by atoms with Crippen molar-refractivity contribution >= 4 is 16.9 Å². The third kappa shape index (κ3) is 4.09. The molecule has 1 unspecified atom stereocenters. The number of nitrogens with zero attached hydrogens (tertiary/aromatic N) is 2. The zero-order chi connectivity index (χ0) is 18.4. The Balaban J connectivity index is 1.86. The molecule has 6 heteroatoms. The smallest absolute Gasteiger partial charge is 0.234 e. The largest absolute Gasteiger partial charge is 0.383 e. The van der Waals surface area contributed by atoms with E-state index >= 15 is 0 Å². The maximum atomic E-state index is 12.4. The normalized spacial score (nSPS) is 12.2. The number of imidazole rings is 1. The number of aryl methyl sites for hydroxylation is 1. The number of amides is 1. The number of ether oxygens (including phenoxy) is 1. The molecular formula is C20H24N4O2. The second kappa shape index (κ2) is 8.60. The van der Waals surface area contributed by atoms with Crippen molar-refractivity contribution in [3.8, 4) is 0 Å². The number of carbonyl (C=O) groups is 1. The molecule has 0 saturated heterocycles. The summed E-state index contributed by atoms with van der Waals surface area (Å²) >= 11 is 0. The molecule has 1 heterocycles. The minimum Gasteiger partial charge on any atom is -0.383 e. The van der Waals surface area contributed by atoms with Crippen molar-refractivity contribution in [2.75, 3.05) is 26.8 Å². The number of methoxy groups -OCH3 is 1. The van der Waals surface area contributed by atoms with Crippen LogP contribution in [0.3, 0.4) is 0 Å². The minimum absolute atomic E-state index is 0.0815. The molecule has 0 aliphatic heterocycles. The zero-order valence-corrected chi connectivity index (χ0v) is 15.1. The Morgan fingerprint density at radius 2 is 1.88 bits per heavy atom. The van der Waals surface area contributed by atoms with Gasteiger partial charge < -0.3 is 19.9 Å². The molecule has 0 saturated carbocycles. The van der Waals surface area contributed by atoms with Gasteiger partial charge in [-0.15, -0.1) is 0 Å². The van der Waals surface area contributed by atoms with Crippen LogP contribution < -0.4 is 10.6 Å². The molecule has 2 aromatic carbocycles. The van der Waals surface area contributed by atoms with E-state index in [1.54, 1.807) is 7.11 Å². The van der Waals surface area contributed by atoms with Crippen molar-refractivity contribution in [3.63, 3.8) is 0 Å². The van der Waals surface area contributed by atoms with Crippen LogP contribution in [0.25, 0.3) is 11.0 Å². The van der Waals surface area contributed by atoms with E-state index in [2.05, 4.69) is 10.6 Å². The van der Waals surface area contributed by atoms with Crippen LogP contribution in [0, 0.1) is 0 Å². The lowest BCUT2D eigenvalue weighted by atomic mass is 10.1. The summed E-state index contributed by atoms with van der Waals surface area (Å²) in [5.41, 5.74) is 2.95. The molecule has 2 N–H and O–H groups in total. The van der Waals surface area contributed by atoms with E-state index in [4.69, 9.17) is 9.72 Å². The van der Waals surface area contributed by atoms with Crippen LogP contribution in [0.5, 0.6) is 0 Å². The van der Waals surface area contributed by atoms with Crippen molar-refractivity contribution in [2.24, 2.45) is 7.05 Å². The van der Waals surface area contributed by atoms with Crippen molar-refractivity contribution in [1.29, 1.82) is 0 Å². The van der Waals surface area contributed by atoms with E-state index in [0.717, 1.165) is 22.4 Å². The van der Waals surface area contributed by atoms with Gasteiger partial charge in [-0.05, 0) is 17.7 Å². The van der Waals surface area contributed by atoms with Gasteiger partial charge in [-0.1, -0.05) is 42.5 Å². The van der Waals surface area contributed by atoms with Gasteiger partial charge in [0.15, 0.2) is 0 Å². The number of fused-ring (bicyclic) bond motifs is 1. The molecule has 26 heavy (non-hydrogen) atoms. The third-order valence-electron chi connectivity index (χ3n) is 4.29. The van der Waals surface area contributed by atoms with Gasteiger partial charge in [0.1, 0.15) is 11.9 Å². The predicted octanol–water partition coefficient (Wildman–Crippen LogP) is 2.01. The number of benzene rings is 2. The van der Waals surface area contributed by atoms with E-state index < -0.39 is 0 Å². The molecule has 1 aromatic heterocycles. The van der Waals surface area contributed by atoms with Crippen molar-refractivity contribution in [1.82, 2.24) is 20.2 Å². The topological polar surface area (TPSA) is 68.2 Å². The molecular weight excluding hydrogens is 328 g/mol. The van der Waals surface area contributed by atoms with E-state index in [9.17, 15) is 4.79 Å². The Labute approximate surface area is 153 Å². The molecule has 136 valence electrons. The van der Waals surface area contributed by atoms with Gasteiger partial charge in [0.25, 0.3) is 0 Å². The highest BCUT2D eigenvalue weighted by Gasteiger charge is 2.22. The summed E-state index contributed by atoms with van der Waals surface area (Å²) in [5.74, 6) is 0.727. The van der Waals surface area contributed by atoms with Crippen molar-refractivity contribution < 1.29 is 9.53 Å². The number of hydrogen-bond acceptors (Lipinski definition) is 4. The number of nitrogens with one attached hydrogen (secondary N) is 2. The van der Waals surface area contributed by atoms with E-state index in [1.165, 1.54) is 0 Å². The first-order valence-electron chi connectivity index (χ1n) is 8.66. The lowest BCUT2D eigenvalue weighted by Gasteiger charge is -2.19. The molecule has 3 rings (SSSR count). The summed E-state index contributed by atoms with van der Waals surface area (Å²) in [7, 11) is 3.61. The average molecular weight is 352 g/mol. The van der Waals surface area contributed by atoms with Crippen LogP contribution in [-0.2, 0) is 16.6 Å². The van der Waals surface area contributed by atoms with Crippen LogP contribution in [0.1, 0.15) is 17.4 Å². The SMILES string of the molecule is COCCNCC(=O)NC(c1ccccc1)c1nc2ccccc2n1C. The summed E-state index contributed by atoms with van der Waals surface area (Å²) in [6, 6.07) is 17.6. The van der Waals surface area contributed by atoms with Gasteiger partial charge in [-0.25, -0.2) is 4.98 Å². The highest BCUT2D eigenvalue weighted by Crippen LogP contribution is 2.24. The second-order valence-electron chi connectivity index (χ2n) is 6.10. The fraction of sp³-hybridized carbons (Fsp3) is 0.300. The number of hydrogen-bond donors (Lipinski definition) is 2. The molecule has 0 aliphatic rings. The van der Waals surface area contributed by atoms with E-state index in [-0.39, 0.29) is 18.5 Å². The van der Waals surface area contributed by atoms with Crippen LogP contribution in [0.15, 0.2) is 54.6 Å². The molecule has 0 spiro atoms. The molecule has 0 fully saturated rings. The lowest BCUT2D eigenvalue weighted by molar-refractivity contribution is -0.120. The van der Waals surface area contributed by atoms with Crippen molar-refractivity contribution in [2.45, 2.75) is 6.04 Å². The van der Waals surface area contributed by atoms with Gasteiger partial charge in [-0.2, -0.15) is 0 Å². The second-order valence-corrected chi connectivity index (χ2v) is 6.10. The molecule has 1 atom stereocenters. The molecule has 3 aromatic rings. The van der Waals surface area contributed by atoms with Crippen LogP contribution in [0.2, 0.25) is 0 Å². The highest BCUT2D eigenvalue weighted by molar-refractivity contribution is 5.80. The number of carbonyl (C=O) groups excluding carboxylic acids is 1. The van der Waals surface area contributed by atoms with E-state index in [0.29, 0.717) is 13.2 Å². The monoisotopic (exact) mass is 352 g/mol. The number of rotatable bonds is 8. The standard InChI is InChI=1S/C20H24N4O2/c1-24-17-11-7-6-10-16(17)22-20(24)19(15-8-4-3-5-9-15)23-18(25)14-21-12-13-26-2/h3-11,19,21H,12-14H2,1-2H3,(H,23,25). The Hall–Kier alpha value is -2.70. The van der Waals surface area contributed by atoms with Crippen LogP contribution in [0.4, 0.5) is 0 Å². The number of aromatic nitrogens is 2. The van der Waals surface area contributed by atoms with Gasteiger partial charge in [0, 0.05) is 20.7 Å². The summed E-state index contributed by atoms with van der Waals surface area (Å²) in [6.07, 6.45) is 0. The first-order valence-corrected chi connectivity index (χ1v) is 8.66. The van der Waals surface area contributed by atoms with Crippen molar-refractivity contribution in [3.05, 3.63) is 66.0 Å². The summed E-state index contributed by atoms with van der Waals surface area (Å²) in [4.78, 5) is 17.2. The quantitative estimate of drug-likeness (QED) is 0.609. The lowest BCUT2D eigenvalue weighted by Crippen LogP contribution is -2.38. The Morgan fingerprint density at radius 1 is 1.15 bits per heavy atom. The maximum Gasteiger partial charge on any atom is 0.234 e. The molecule has 0 aliphatic carbocycles. The molecule has 1 amide bonds. The summed E-state index contributed by atoms with van der Waals surface area (Å²) < 4.78 is 7.02. The zero-order valence-electron chi connectivity index (χ0n) is 15.1. The fourth-order valence-electron chi connectivity index (χ4n) is 2.95. The predicted molar refractivity (Wildman–Crippen MR) is 102 cm³/mol. The van der Waals surface area contributed by atoms with Crippen LogP contribution >= 0.6 is 0 Å². The first kappa shape index (κ1) is 18.1. The Bertz CT molecular complexity index is 861. The maximum absolute atomic E-state index is 12.4. The van der Waals surface area contributed by atoms with Gasteiger partial charge in [-0.3, -0.25) is 4.79 Å².